The first-order valence-corrected chi connectivity index (χ1v) is 10.2. The Hall–Kier alpha value is -4.20. The second-order valence-corrected chi connectivity index (χ2v) is 8.12. The standard InChI is InChI=1S/C25H25N3O5/c1-25(2,3)33-24(31)27-28(22(29)17-10-12-18(13-11-17)23(30)32-4)21-9-5-7-19(15-21)20-8-6-14-26-16-20/h5-16H,1-4H3,(H,27,31). The van der Waals surface area contributed by atoms with Gasteiger partial charge in [-0.15, -0.1) is 0 Å². The van der Waals surface area contributed by atoms with Gasteiger partial charge in [0.15, 0.2) is 0 Å². The van der Waals surface area contributed by atoms with Crippen molar-refractivity contribution in [2.75, 3.05) is 12.1 Å². The highest BCUT2D eigenvalue weighted by molar-refractivity contribution is 6.07. The molecular weight excluding hydrogens is 422 g/mol. The largest absolute Gasteiger partial charge is 0.465 e. The Balaban J connectivity index is 1.97. The maximum Gasteiger partial charge on any atom is 0.427 e. The summed E-state index contributed by atoms with van der Waals surface area (Å²) in [5.74, 6) is -1.03. The predicted molar refractivity (Wildman–Crippen MR) is 124 cm³/mol. The summed E-state index contributed by atoms with van der Waals surface area (Å²) in [6.45, 7) is 5.19. The number of pyridine rings is 1. The molecule has 0 aliphatic heterocycles. The number of aromatic nitrogens is 1. The minimum absolute atomic E-state index is 0.255. The van der Waals surface area contributed by atoms with Crippen molar-refractivity contribution in [3.8, 4) is 11.1 Å². The minimum atomic E-state index is -0.784. The highest BCUT2D eigenvalue weighted by Gasteiger charge is 2.24. The molecule has 0 saturated heterocycles. The number of carbonyl (C=O) groups excluding carboxylic acids is 3. The topological polar surface area (TPSA) is 97.8 Å². The van der Waals surface area contributed by atoms with Crippen molar-refractivity contribution in [2.24, 2.45) is 0 Å². The second-order valence-electron chi connectivity index (χ2n) is 8.12. The van der Waals surface area contributed by atoms with Gasteiger partial charge in [0.25, 0.3) is 5.91 Å². The lowest BCUT2D eigenvalue weighted by Gasteiger charge is -2.26. The fourth-order valence-corrected chi connectivity index (χ4v) is 2.98. The summed E-state index contributed by atoms with van der Waals surface area (Å²) in [6.07, 6.45) is 2.59. The van der Waals surface area contributed by atoms with Crippen molar-refractivity contribution >= 4 is 23.7 Å². The molecule has 33 heavy (non-hydrogen) atoms. The van der Waals surface area contributed by atoms with E-state index in [2.05, 4.69) is 10.4 Å². The van der Waals surface area contributed by atoms with Crippen LogP contribution in [-0.4, -0.2) is 35.7 Å². The molecule has 3 aromatic rings. The van der Waals surface area contributed by atoms with E-state index in [-0.39, 0.29) is 5.56 Å². The van der Waals surface area contributed by atoms with Crippen molar-refractivity contribution in [3.05, 3.63) is 84.2 Å². The molecule has 0 aliphatic rings. The molecule has 0 fully saturated rings. The van der Waals surface area contributed by atoms with Gasteiger partial charge in [-0.05, 0) is 68.8 Å². The summed E-state index contributed by atoms with van der Waals surface area (Å²) in [5.41, 5.74) is 4.42. The average molecular weight is 447 g/mol. The molecule has 0 bridgehead atoms. The SMILES string of the molecule is COC(=O)c1ccc(C(=O)N(NC(=O)OC(C)(C)C)c2cccc(-c3cccnc3)c2)cc1. The van der Waals surface area contributed by atoms with Crippen LogP contribution in [0.1, 0.15) is 41.5 Å². The zero-order chi connectivity index (χ0) is 24.0. The monoisotopic (exact) mass is 447 g/mol. The van der Waals surface area contributed by atoms with E-state index >= 15 is 0 Å². The molecule has 2 amide bonds. The highest BCUT2D eigenvalue weighted by atomic mass is 16.6. The molecule has 2 aromatic carbocycles. The molecule has 0 radical (unpaired) electrons. The van der Waals surface area contributed by atoms with E-state index in [9.17, 15) is 14.4 Å². The number of anilines is 1. The molecule has 1 aromatic heterocycles. The van der Waals surface area contributed by atoms with Gasteiger partial charge in [0.1, 0.15) is 5.60 Å². The van der Waals surface area contributed by atoms with Crippen LogP contribution >= 0.6 is 0 Å². The Bertz CT molecular complexity index is 1140. The normalized spacial score (nSPS) is 10.8. The highest BCUT2D eigenvalue weighted by Crippen LogP contribution is 2.25. The van der Waals surface area contributed by atoms with Crippen LogP contribution < -0.4 is 10.4 Å². The van der Waals surface area contributed by atoms with Gasteiger partial charge < -0.3 is 9.47 Å². The number of ether oxygens (including phenoxy) is 2. The Kier molecular flexibility index (Phi) is 7.07. The molecule has 0 spiro atoms. The Morgan fingerprint density at radius 3 is 2.18 bits per heavy atom. The third kappa shape index (κ3) is 6.16. The van der Waals surface area contributed by atoms with Gasteiger partial charge in [-0.1, -0.05) is 18.2 Å². The molecule has 3 rings (SSSR count). The number of nitrogens with one attached hydrogen (secondary N) is 1. The third-order valence-corrected chi connectivity index (χ3v) is 4.46. The number of hydrogen-bond acceptors (Lipinski definition) is 6. The third-order valence-electron chi connectivity index (χ3n) is 4.46. The molecule has 170 valence electrons. The van der Waals surface area contributed by atoms with Crippen LogP contribution in [0.5, 0.6) is 0 Å². The van der Waals surface area contributed by atoms with Crippen LogP contribution in [0.3, 0.4) is 0 Å². The van der Waals surface area contributed by atoms with Crippen molar-refractivity contribution in [1.29, 1.82) is 0 Å². The van der Waals surface area contributed by atoms with E-state index in [1.165, 1.54) is 31.4 Å². The summed E-state index contributed by atoms with van der Waals surface area (Å²) in [7, 11) is 1.28. The van der Waals surface area contributed by atoms with Gasteiger partial charge in [0, 0.05) is 23.5 Å². The van der Waals surface area contributed by atoms with Crippen molar-refractivity contribution in [2.45, 2.75) is 26.4 Å². The zero-order valence-corrected chi connectivity index (χ0v) is 18.9. The number of rotatable bonds is 4. The van der Waals surface area contributed by atoms with Crippen LogP contribution in [0.25, 0.3) is 11.1 Å². The Labute approximate surface area is 192 Å². The van der Waals surface area contributed by atoms with E-state index in [1.54, 1.807) is 51.4 Å². The zero-order valence-electron chi connectivity index (χ0n) is 18.9. The van der Waals surface area contributed by atoms with Gasteiger partial charge in [-0.25, -0.2) is 20.0 Å². The molecule has 1 N–H and O–H groups in total. The van der Waals surface area contributed by atoms with Gasteiger partial charge >= 0.3 is 12.1 Å². The molecule has 0 atom stereocenters. The van der Waals surface area contributed by atoms with Crippen LogP contribution in [0.15, 0.2) is 73.1 Å². The number of esters is 1. The first-order valence-electron chi connectivity index (χ1n) is 10.2. The lowest BCUT2D eigenvalue weighted by atomic mass is 10.1. The lowest BCUT2D eigenvalue weighted by Crippen LogP contribution is -2.48. The van der Waals surface area contributed by atoms with Crippen LogP contribution in [0.4, 0.5) is 10.5 Å². The quantitative estimate of drug-likeness (QED) is 0.463. The smallest absolute Gasteiger partial charge is 0.427 e. The molecule has 0 unspecified atom stereocenters. The van der Waals surface area contributed by atoms with Crippen LogP contribution in [-0.2, 0) is 9.47 Å². The molecule has 8 nitrogen and oxygen atoms in total. The summed E-state index contributed by atoms with van der Waals surface area (Å²) >= 11 is 0. The van der Waals surface area contributed by atoms with Crippen LogP contribution in [0.2, 0.25) is 0 Å². The minimum Gasteiger partial charge on any atom is -0.465 e. The first kappa shape index (κ1) is 23.5. The van der Waals surface area contributed by atoms with Gasteiger partial charge in [-0.3, -0.25) is 9.78 Å². The van der Waals surface area contributed by atoms with E-state index in [0.29, 0.717) is 11.3 Å². The maximum absolute atomic E-state index is 13.4. The fraction of sp³-hybridized carbons (Fsp3) is 0.200. The van der Waals surface area contributed by atoms with E-state index < -0.39 is 23.6 Å². The van der Waals surface area contributed by atoms with Gasteiger partial charge in [-0.2, -0.15) is 0 Å². The Morgan fingerprint density at radius 2 is 1.58 bits per heavy atom. The number of benzene rings is 2. The number of hydrogen-bond donors (Lipinski definition) is 1. The first-order chi connectivity index (χ1) is 15.7. The summed E-state index contributed by atoms with van der Waals surface area (Å²) in [5, 5.41) is 1.11. The summed E-state index contributed by atoms with van der Waals surface area (Å²) in [6, 6.07) is 16.8. The maximum atomic E-state index is 13.4. The number of carbonyl (C=O) groups is 3. The average Bonchev–Trinajstić information content (AvgIpc) is 2.81. The molecule has 0 saturated carbocycles. The van der Waals surface area contributed by atoms with E-state index in [0.717, 1.165) is 16.1 Å². The molecular formula is C25H25N3O5. The van der Waals surface area contributed by atoms with Gasteiger partial charge in [0.05, 0.1) is 18.4 Å². The molecule has 0 aliphatic carbocycles. The molecule has 8 heteroatoms. The van der Waals surface area contributed by atoms with Gasteiger partial charge in [0.2, 0.25) is 0 Å². The van der Waals surface area contributed by atoms with Crippen molar-refractivity contribution in [3.63, 3.8) is 0 Å². The predicted octanol–water partition coefficient (Wildman–Crippen LogP) is 4.62. The van der Waals surface area contributed by atoms with Crippen LogP contribution in [0, 0.1) is 0 Å². The molecule has 1 heterocycles. The van der Waals surface area contributed by atoms with E-state index in [1.807, 2.05) is 18.2 Å². The summed E-state index contributed by atoms with van der Waals surface area (Å²) in [4.78, 5) is 41.7. The van der Waals surface area contributed by atoms with Crippen molar-refractivity contribution in [1.82, 2.24) is 10.4 Å². The van der Waals surface area contributed by atoms with Crippen molar-refractivity contribution < 1.29 is 23.9 Å². The number of nitrogens with zero attached hydrogens (tertiary/aromatic N) is 2. The van der Waals surface area contributed by atoms with E-state index in [4.69, 9.17) is 9.47 Å². The summed E-state index contributed by atoms with van der Waals surface area (Å²) < 4.78 is 10.0. The Morgan fingerprint density at radius 1 is 0.909 bits per heavy atom. The lowest BCUT2D eigenvalue weighted by molar-refractivity contribution is 0.0509. The second kappa shape index (κ2) is 9.95. The number of hydrazine groups is 1. The number of methoxy groups -OCH3 is 1. The number of amides is 2. The fourth-order valence-electron chi connectivity index (χ4n) is 2.98.